The van der Waals surface area contributed by atoms with Gasteiger partial charge in [0.2, 0.25) is 0 Å². The van der Waals surface area contributed by atoms with Gasteiger partial charge >= 0.3 is 0 Å². The Labute approximate surface area is 107 Å². The average molecular weight is 252 g/mol. The molecule has 2 nitrogen and oxygen atoms in total. The van der Waals surface area contributed by atoms with Crippen LogP contribution in [0, 0.1) is 11.8 Å². The zero-order valence-corrected chi connectivity index (χ0v) is 10.6. The highest BCUT2D eigenvalue weighted by Crippen LogP contribution is 2.44. The molecule has 17 heavy (non-hydrogen) atoms. The molecule has 0 saturated heterocycles. The van der Waals surface area contributed by atoms with Gasteiger partial charge in [-0.15, -0.1) is 0 Å². The number of rotatable bonds is 3. The molecule has 2 saturated carbocycles. The summed E-state index contributed by atoms with van der Waals surface area (Å²) >= 11 is 5.89. The number of fused-ring (bicyclic) bond motifs is 2. The predicted octanol–water partition coefficient (Wildman–Crippen LogP) is 3.32. The molecule has 2 N–H and O–H groups in total. The second kappa shape index (κ2) is 4.51. The third kappa shape index (κ3) is 2.29. The highest BCUT2D eigenvalue weighted by atomic mass is 35.5. The van der Waals surface area contributed by atoms with E-state index in [-0.39, 0.29) is 5.75 Å². The lowest BCUT2D eigenvalue weighted by atomic mass is 9.95. The maximum absolute atomic E-state index is 9.36. The molecule has 2 fully saturated rings. The number of hydrogen-bond donors (Lipinski definition) is 2. The van der Waals surface area contributed by atoms with E-state index < -0.39 is 0 Å². The van der Waals surface area contributed by atoms with Crippen LogP contribution in [0.5, 0.6) is 5.75 Å². The van der Waals surface area contributed by atoms with Gasteiger partial charge in [-0.25, -0.2) is 0 Å². The number of hydrogen-bond acceptors (Lipinski definition) is 2. The molecule has 1 aromatic rings. The molecule has 2 aliphatic carbocycles. The Hall–Kier alpha value is -0.730. The van der Waals surface area contributed by atoms with Crippen molar-refractivity contribution in [2.24, 2.45) is 11.8 Å². The Balaban J connectivity index is 1.59. The number of aromatic hydroxyl groups is 1. The summed E-state index contributed by atoms with van der Waals surface area (Å²) in [4.78, 5) is 0. The highest BCUT2D eigenvalue weighted by Gasteiger charge is 2.38. The number of phenols is 1. The molecule has 3 rings (SSSR count). The van der Waals surface area contributed by atoms with Crippen LogP contribution in [0.25, 0.3) is 0 Å². The fraction of sp³-hybridized carbons (Fsp3) is 0.571. The summed E-state index contributed by atoms with van der Waals surface area (Å²) in [7, 11) is 0. The van der Waals surface area contributed by atoms with Crippen molar-refractivity contribution < 1.29 is 5.11 Å². The highest BCUT2D eigenvalue weighted by molar-refractivity contribution is 6.32. The standard InChI is InChI=1S/C14H18ClNO/c15-12-6-10(2-4-14(12)17)8-16-13-7-9-1-3-11(13)5-9/h2,4,6,9,11,13,16-17H,1,3,5,7-8H2. The maximum atomic E-state index is 9.36. The van der Waals surface area contributed by atoms with Crippen molar-refractivity contribution in [3.8, 4) is 5.75 Å². The molecule has 92 valence electrons. The van der Waals surface area contributed by atoms with Crippen LogP contribution in [0.4, 0.5) is 0 Å². The second-order valence-corrected chi connectivity index (χ2v) is 5.86. The van der Waals surface area contributed by atoms with Gasteiger partial charge in [0.1, 0.15) is 5.75 Å². The first-order valence-corrected chi connectivity index (χ1v) is 6.81. The van der Waals surface area contributed by atoms with E-state index in [0.29, 0.717) is 11.1 Å². The first kappa shape index (κ1) is 11.4. The quantitative estimate of drug-likeness (QED) is 0.864. The van der Waals surface area contributed by atoms with Gasteiger partial charge in [0.15, 0.2) is 0 Å². The average Bonchev–Trinajstić information content (AvgIpc) is 2.92. The fourth-order valence-corrected chi connectivity index (χ4v) is 3.61. The number of nitrogens with one attached hydrogen (secondary N) is 1. The minimum absolute atomic E-state index is 0.162. The zero-order valence-electron chi connectivity index (χ0n) is 9.82. The van der Waals surface area contributed by atoms with E-state index in [0.717, 1.165) is 23.9 Å². The Morgan fingerprint density at radius 3 is 2.82 bits per heavy atom. The lowest BCUT2D eigenvalue weighted by Crippen LogP contribution is -2.33. The van der Waals surface area contributed by atoms with E-state index in [1.165, 1.54) is 25.7 Å². The monoisotopic (exact) mass is 251 g/mol. The first-order valence-electron chi connectivity index (χ1n) is 6.43. The van der Waals surface area contributed by atoms with Gasteiger partial charge in [-0.05, 0) is 48.8 Å². The molecule has 0 radical (unpaired) electrons. The molecule has 2 aliphatic rings. The summed E-state index contributed by atoms with van der Waals surface area (Å²) in [5, 5.41) is 13.4. The van der Waals surface area contributed by atoms with Crippen LogP contribution in [-0.2, 0) is 6.54 Å². The molecule has 3 heteroatoms. The van der Waals surface area contributed by atoms with Crippen LogP contribution in [0.1, 0.15) is 31.2 Å². The molecule has 0 aromatic heterocycles. The van der Waals surface area contributed by atoms with Crippen LogP contribution in [0.15, 0.2) is 18.2 Å². The predicted molar refractivity (Wildman–Crippen MR) is 69.2 cm³/mol. The van der Waals surface area contributed by atoms with Crippen molar-refractivity contribution in [2.75, 3.05) is 0 Å². The molecule has 1 aromatic carbocycles. The molecule has 0 spiro atoms. The van der Waals surface area contributed by atoms with Crippen molar-refractivity contribution in [3.63, 3.8) is 0 Å². The van der Waals surface area contributed by atoms with Gasteiger partial charge in [-0.2, -0.15) is 0 Å². The first-order chi connectivity index (χ1) is 8.22. The molecule has 3 unspecified atom stereocenters. The lowest BCUT2D eigenvalue weighted by molar-refractivity contribution is 0.350. The SMILES string of the molecule is Oc1ccc(CNC2CC3CCC2C3)cc1Cl. The summed E-state index contributed by atoms with van der Waals surface area (Å²) in [6.07, 6.45) is 5.61. The second-order valence-electron chi connectivity index (χ2n) is 5.45. The Morgan fingerprint density at radius 1 is 1.29 bits per heavy atom. The van der Waals surface area contributed by atoms with Crippen molar-refractivity contribution in [1.29, 1.82) is 0 Å². The largest absolute Gasteiger partial charge is 0.506 e. The summed E-state index contributed by atoms with van der Waals surface area (Å²) in [6.45, 7) is 0.855. The third-order valence-corrected chi connectivity index (χ3v) is 4.62. The van der Waals surface area contributed by atoms with Crippen molar-refractivity contribution in [2.45, 2.75) is 38.3 Å². The number of phenolic OH excluding ortho intramolecular Hbond substituents is 1. The van der Waals surface area contributed by atoms with Crippen LogP contribution in [0.3, 0.4) is 0 Å². The Kier molecular flexibility index (Phi) is 3.01. The summed E-state index contributed by atoms with van der Waals surface area (Å²) in [5.74, 6) is 2.03. The normalized spacial score (nSPS) is 31.0. The molecule has 3 atom stereocenters. The van der Waals surface area contributed by atoms with E-state index in [1.807, 2.05) is 12.1 Å². The fourth-order valence-electron chi connectivity index (χ4n) is 3.40. The van der Waals surface area contributed by atoms with Gasteiger partial charge in [0.05, 0.1) is 5.02 Å². The lowest BCUT2D eigenvalue weighted by Gasteiger charge is -2.23. The van der Waals surface area contributed by atoms with Gasteiger partial charge < -0.3 is 10.4 Å². The van der Waals surface area contributed by atoms with Crippen LogP contribution < -0.4 is 5.32 Å². The van der Waals surface area contributed by atoms with Gasteiger partial charge in [0.25, 0.3) is 0 Å². The molecule has 0 amide bonds. The van der Waals surface area contributed by atoms with Crippen molar-refractivity contribution in [3.05, 3.63) is 28.8 Å². The van der Waals surface area contributed by atoms with Gasteiger partial charge in [0, 0.05) is 12.6 Å². The smallest absolute Gasteiger partial charge is 0.134 e. The van der Waals surface area contributed by atoms with E-state index in [1.54, 1.807) is 6.07 Å². The zero-order chi connectivity index (χ0) is 11.8. The molecular weight excluding hydrogens is 234 g/mol. The van der Waals surface area contributed by atoms with Gasteiger partial charge in [-0.1, -0.05) is 24.1 Å². The minimum Gasteiger partial charge on any atom is -0.506 e. The molecule has 0 aliphatic heterocycles. The van der Waals surface area contributed by atoms with Gasteiger partial charge in [-0.3, -0.25) is 0 Å². The van der Waals surface area contributed by atoms with Crippen LogP contribution in [-0.4, -0.2) is 11.1 Å². The van der Waals surface area contributed by atoms with Crippen LogP contribution >= 0.6 is 11.6 Å². The summed E-state index contributed by atoms with van der Waals surface area (Å²) in [5.41, 5.74) is 1.15. The molecule has 0 heterocycles. The van der Waals surface area contributed by atoms with E-state index in [2.05, 4.69) is 5.32 Å². The third-order valence-electron chi connectivity index (χ3n) is 4.32. The van der Waals surface area contributed by atoms with Crippen molar-refractivity contribution >= 4 is 11.6 Å². The molecular formula is C14H18ClNO. The number of benzene rings is 1. The number of halogens is 1. The Bertz CT molecular complexity index is 421. The van der Waals surface area contributed by atoms with E-state index in [9.17, 15) is 5.11 Å². The Morgan fingerprint density at radius 2 is 2.18 bits per heavy atom. The van der Waals surface area contributed by atoms with E-state index in [4.69, 9.17) is 11.6 Å². The molecule has 2 bridgehead atoms. The summed E-state index contributed by atoms with van der Waals surface area (Å²) in [6, 6.07) is 6.14. The minimum atomic E-state index is 0.162. The topological polar surface area (TPSA) is 32.3 Å². The van der Waals surface area contributed by atoms with E-state index >= 15 is 0 Å². The maximum Gasteiger partial charge on any atom is 0.134 e. The van der Waals surface area contributed by atoms with Crippen LogP contribution in [0.2, 0.25) is 5.02 Å². The van der Waals surface area contributed by atoms with Crippen molar-refractivity contribution in [1.82, 2.24) is 5.32 Å². The summed E-state index contributed by atoms with van der Waals surface area (Å²) < 4.78 is 0.